The van der Waals surface area contributed by atoms with Crippen LogP contribution in [0.15, 0.2) is 35.6 Å². The predicted molar refractivity (Wildman–Crippen MR) is 50.9 cm³/mol. The average molecular weight is 165 g/mol. The second kappa shape index (κ2) is 4.78. The molecule has 0 fully saturated rings. The van der Waals surface area contributed by atoms with Gasteiger partial charge in [-0.3, -0.25) is 0 Å². The van der Waals surface area contributed by atoms with Gasteiger partial charge in [0, 0.05) is 6.54 Å². The van der Waals surface area contributed by atoms with E-state index in [1.807, 2.05) is 13.1 Å². The van der Waals surface area contributed by atoms with Crippen LogP contribution in [-0.2, 0) is 4.74 Å². The van der Waals surface area contributed by atoms with Crippen molar-refractivity contribution in [2.24, 2.45) is 0 Å². The van der Waals surface area contributed by atoms with Gasteiger partial charge < -0.3 is 10.1 Å². The molecule has 0 heterocycles. The van der Waals surface area contributed by atoms with Crippen LogP contribution in [0, 0.1) is 0 Å². The summed E-state index contributed by atoms with van der Waals surface area (Å²) in [5.74, 6) is 0.942. The second-order valence-corrected chi connectivity index (χ2v) is 2.69. The lowest BCUT2D eigenvalue weighted by Crippen LogP contribution is -2.08. The number of hydrogen-bond donors (Lipinski definition) is 1. The van der Waals surface area contributed by atoms with E-state index in [2.05, 4.69) is 23.5 Å². The Morgan fingerprint density at radius 2 is 2.25 bits per heavy atom. The molecule has 0 aromatic rings. The maximum atomic E-state index is 5.12. The van der Waals surface area contributed by atoms with Crippen molar-refractivity contribution in [3.8, 4) is 0 Å². The molecule has 1 aliphatic rings. The van der Waals surface area contributed by atoms with Crippen LogP contribution in [0.25, 0.3) is 0 Å². The minimum absolute atomic E-state index is 0.918. The molecule has 0 aliphatic heterocycles. The van der Waals surface area contributed by atoms with Crippen molar-refractivity contribution in [2.45, 2.75) is 6.42 Å². The molecule has 12 heavy (non-hydrogen) atoms. The van der Waals surface area contributed by atoms with Crippen LogP contribution in [0.3, 0.4) is 0 Å². The summed E-state index contributed by atoms with van der Waals surface area (Å²) in [7, 11) is 3.64. The number of nitrogens with one attached hydrogen (secondary N) is 1. The number of ether oxygens (including phenoxy) is 1. The second-order valence-electron chi connectivity index (χ2n) is 2.69. The molecule has 0 bridgehead atoms. The maximum absolute atomic E-state index is 5.12. The maximum Gasteiger partial charge on any atom is 0.115 e. The Labute approximate surface area is 73.6 Å². The monoisotopic (exact) mass is 165 g/mol. The lowest BCUT2D eigenvalue weighted by molar-refractivity contribution is 0.306. The minimum atomic E-state index is 0.918. The fraction of sp³-hybridized carbons (Fsp3) is 0.400. The molecule has 0 unspecified atom stereocenters. The van der Waals surface area contributed by atoms with Gasteiger partial charge in [0.15, 0.2) is 0 Å². The summed E-state index contributed by atoms with van der Waals surface area (Å²) in [6, 6.07) is 0. The summed E-state index contributed by atoms with van der Waals surface area (Å²) in [6.07, 6.45) is 9.29. The molecular formula is C10H15NO. The van der Waals surface area contributed by atoms with Gasteiger partial charge in [-0.2, -0.15) is 0 Å². The quantitative estimate of drug-likeness (QED) is 0.686. The van der Waals surface area contributed by atoms with Crippen molar-refractivity contribution in [3.63, 3.8) is 0 Å². The highest BCUT2D eigenvalue weighted by Gasteiger charge is 1.96. The number of rotatable bonds is 3. The van der Waals surface area contributed by atoms with Crippen molar-refractivity contribution in [2.75, 3.05) is 20.7 Å². The minimum Gasteiger partial charge on any atom is -0.497 e. The normalized spacial score (nSPS) is 16.5. The lowest BCUT2D eigenvalue weighted by Gasteiger charge is -1.98. The standard InChI is InChI=1S/C10H15NO/c1-11-8-9-4-3-5-10(12-2)7-6-9/h4-7,11H,3,8H2,1-2H3. The molecule has 0 aromatic carbocycles. The first-order valence-electron chi connectivity index (χ1n) is 4.12. The first kappa shape index (κ1) is 9.07. The predicted octanol–water partition coefficient (Wildman–Crippen LogP) is 1.62. The van der Waals surface area contributed by atoms with Crippen molar-refractivity contribution in [1.82, 2.24) is 5.32 Å². The largest absolute Gasteiger partial charge is 0.497 e. The highest BCUT2D eigenvalue weighted by Crippen LogP contribution is 2.09. The van der Waals surface area contributed by atoms with Gasteiger partial charge in [0.2, 0.25) is 0 Å². The van der Waals surface area contributed by atoms with Gasteiger partial charge in [-0.15, -0.1) is 0 Å². The molecule has 1 rings (SSSR count). The zero-order chi connectivity index (χ0) is 8.81. The first-order valence-corrected chi connectivity index (χ1v) is 4.12. The van der Waals surface area contributed by atoms with Crippen molar-refractivity contribution >= 4 is 0 Å². The van der Waals surface area contributed by atoms with E-state index in [1.54, 1.807) is 7.11 Å². The third-order valence-electron chi connectivity index (χ3n) is 1.78. The highest BCUT2D eigenvalue weighted by molar-refractivity contribution is 5.30. The fourth-order valence-electron chi connectivity index (χ4n) is 1.14. The molecule has 2 nitrogen and oxygen atoms in total. The Morgan fingerprint density at radius 3 is 2.92 bits per heavy atom. The molecule has 2 heteroatoms. The topological polar surface area (TPSA) is 21.3 Å². The first-order chi connectivity index (χ1) is 5.86. The molecule has 1 aliphatic carbocycles. The summed E-state index contributed by atoms with van der Waals surface area (Å²) < 4.78 is 5.12. The van der Waals surface area contributed by atoms with Gasteiger partial charge >= 0.3 is 0 Å². The molecule has 0 saturated carbocycles. The SMILES string of the molecule is CNCC1=CCC=C(OC)C=C1. The van der Waals surface area contributed by atoms with E-state index < -0.39 is 0 Å². The Bertz CT molecular complexity index is 226. The van der Waals surface area contributed by atoms with E-state index >= 15 is 0 Å². The molecule has 0 aromatic heterocycles. The van der Waals surface area contributed by atoms with Gasteiger partial charge in [0.25, 0.3) is 0 Å². The molecule has 1 N–H and O–H groups in total. The Balaban J connectivity index is 2.58. The van der Waals surface area contributed by atoms with Crippen LogP contribution in [0.2, 0.25) is 0 Å². The van der Waals surface area contributed by atoms with Crippen LogP contribution < -0.4 is 5.32 Å². The summed E-state index contributed by atoms with van der Waals surface area (Å²) in [6.45, 7) is 0.918. The highest BCUT2D eigenvalue weighted by atomic mass is 16.5. The summed E-state index contributed by atoms with van der Waals surface area (Å²) >= 11 is 0. The number of hydrogen-bond acceptors (Lipinski definition) is 2. The third-order valence-corrected chi connectivity index (χ3v) is 1.78. The Kier molecular flexibility index (Phi) is 3.61. The fourth-order valence-corrected chi connectivity index (χ4v) is 1.14. The van der Waals surface area contributed by atoms with Crippen molar-refractivity contribution in [3.05, 3.63) is 35.6 Å². The third kappa shape index (κ3) is 2.55. The van der Waals surface area contributed by atoms with Gasteiger partial charge in [-0.1, -0.05) is 12.2 Å². The molecule has 0 spiro atoms. The molecule has 0 atom stereocenters. The van der Waals surface area contributed by atoms with Gasteiger partial charge in [-0.25, -0.2) is 0 Å². The van der Waals surface area contributed by atoms with Crippen molar-refractivity contribution in [1.29, 1.82) is 0 Å². The van der Waals surface area contributed by atoms with Crippen molar-refractivity contribution < 1.29 is 4.74 Å². The zero-order valence-corrected chi connectivity index (χ0v) is 7.63. The van der Waals surface area contributed by atoms with Crippen LogP contribution in [0.1, 0.15) is 6.42 Å². The van der Waals surface area contributed by atoms with E-state index in [9.17, 15) is 0 Å². The van der Waals surface area contributed by atoms with E-state index in [1.165, 1.54) is 5.57 Å². The van der Waals surface area contributed by atoms with Gasteiger partial charge in [-0.05, 0) is 31.2 Å². The summed E-state index contributed by atoms with van der Waals surface area (Å²) in [5.41, 5.74) is 1.31. The lowest BCUT2D eigenvalue weighted by atomic mass is 10.2. The molecule has 0 saturated heterocycles. The van der Waals surface area contributed by atoms with E-state index in [4.69, 9.17) is 4.74 Å². The number of methoxy groups -OCH3 is 1. The average Bonchev–Trinajstić information content (AvgIpc) is 2.31. The Morgan fingerprint density at radius 1 is 1.42 bits per heavy atom. The summed E-state index contributed by atoms with van der Waals surface area (Å²) in [4.78, 5) is 0. The molecule has 66 valence electrons. The molecule has 0 amide bonds. The van der Waals surface area contributed by atoms with E-state index in [-0.39, 0.29) is 0 Å². The number of likely N-dealkylation sites (N-methyl/N-ethyl adjacent to an activating group) is 1. The smallest absolute Gasteiger partial charge is 0.115 e. The molecule has 0 radical (unpaired) electrons. The van der Waals surface area contributed by atoms with Crippen LogP contribution in [-0.4, -0.2) is 20.7 Å². The van der Waals surface area contributed by atoms with Crippen LogP contribution in [0.4, 0.5) is 0 Å². The summed E-state index contributed by atoms with van der Waals surface area (Å²) in [5, 5.41) is 3.11. The van der Waals surface area contributed by atoms with Crippen LogP contribution in [0.5, 0.6) is 0 Å². The molecular weight excluding hydrogens is 150 g/mol. The Hall–Kier alpha value is -1.02. The van der Waals surface area contributed by atoms with Gasteiger partial charge in [0.1, 0.15) is 5.76 Å². The van der Waals surface area contributed by atoms with Gasteiger partial charge in [0.05, 0.1) is 7.11 Å². The van der Waals surface area contributed by atoms with Crippen LogP contribution >= 0.6 is 0 Å². The van der Waals surface area contributed by atoms with E-state index in [0.717, 1.165) is 18.7 Å². The van der Waals surface area contributed by atoms with E-state index in [0.29, 0.717) is 0 Å². The zero-order valence-electron chi connectivity index (χ0n) is 7.63. The number of allylic oxidation sites excluding steroid dienone is 3.